The maximum atomic E-state index is 11.8. The molecule has 0 aromatic heterocycles. The fourth-order valence-corrected chi connectivity index (χ4v) is 3.96. The molecule has 3 atom stereocenters. The number of esters is 1. The molecule has 0 radical (unpaired) electrons. The zero-order valence-corrected chi connectivity index (χ0v) is 20.8. The van der Waals surface area contributed by atoms with Crippen LogP contribution in [-0.2, 0) is 18.7 Å². The summed E-state index contributed by atoms with van der Waals surface area (Å²) < 4.78 is 17.6. The largest absolute Gasteiger partial charge is 0.458 e. The fourth-order valence-electron chi connectivity index (χ4n) is 2.57. The SMILES string of the molecule is C=CCCC=CC(=O)OCC(C)=CC(C)[C@H](O[Si](C)(C)C(C)(C)C)[C@H](C=C)OC. The van der Waals surface area contributed by atoms with Crippen LogP contribution in [0.5, 0.6) is 0 Å². The first kappa shape index (κ1) is 27.6. The first-order valence-corrected chi connectivity index (χ1v) is 13.2. The van der Waals surface area contributed by atoms with Crippen LogP contribution >= 0.6 is 0 Å². The number of unbranched alkanes of at least 4 members (excludes halogenated alkanes) is 1. The Labute approximate surface area is 179 Å². The standard InChI is InChI=1S/C24H42O4Si/c1-11-13-14-15-16-22(25)27-18-19(3)17-20(4)23(21(12-2)26-8)28-29(9,10)24(5,6)7/h11-12,15-17,20-21,23H,1-2,13-14,18H2,3-10H3/t20?,21-,23-/m0/s1. The lowest BCUT2D eigenvalue weighted by molar-refractivity contribution is -0.136. The number of hydrogen-bond donors (Lipinski definition) is 0. The number of hydrogen-bond acceptors (Lipinski definition) is 4. The first-order chi connectivity index (χ1) is 13.4. The normalized spacial score (nSPS) is 16.3. The van der Waals surface area contributed by atoms with Gasteiger partial charge >= 0.3 is 5.97 Å². The third-order valence-corrected chi connectivity index (χ3v) is 9.84. The van der Waals surface area contributed by atoms with Gasteiger partial charge in [0.15, 0.2) is 8.32 Å². The van der Waals surface area contributed by atoms with E-state index < -0.39 is 8.32 Å². The third kappa shape index (κ3) is 10.2. The van der Waals surface area contributed by atoms with E-state index in [2.05, 4.69) is 60.0 Å². The van der Waals surface area contributed by atoms with Gasteiger partial charge in [-0.25, -0.2) is 4.79 Å². The lowest BCUT2D eigenvalue weighted by atomic mass is 9.97. The van der Waals surface area contributed by atoms with Crippen molar-refractivity contribution >= 4 is 14.3 Å². The highest BCUT2D eigenvalue weighted by molar-refractivity contribution is 6.74. The van der Waals surface area contributed by atoms with Gasteiger partial charge in [0.1, 0.15) is 12.7 Å². The molecule has 0 amide bonds. The molecule has 0 saturated carbocycles. The number of carbonyl (C=O) groups excluding carboxylic acids is 1. The van der Waals surface area contributed by atoms with Crippen molar-refractivity contribution in [3.63, 3.8) is 0 Å². The minimum absolute atomic E-state index is 0.0777. The van der Waals surface area contributed by atoms with Gasteiger partial charge in [-0.1, -0.05) is 52.0 Å². The second-order valence-electron chi connectivity index (χ2n) is 9.03. The second kappa shape index (κ2) is 13.0. The Hall–Kier alpha value is -1.43. The molecule has 4 nitrogen and oxygen atoms in total. The lowest BCUT2D eigenvalue weighted by Crippen LogP contribution is -2.49. The van der Waals surface area contributed by atoms with Crippen molar-refractivity contribution in [2.75, 3.05) is 13.7 Å². The Morgan fingerprint density at radius 2 is 1.79 bits per heavy atom. The van der Waals surface area contributed by atoms with E-state index in [-0.39, 0.29) is 35.7 Å². The summed E-state index contributed by atoms with van der Waals surface area (Å²) in [7, 11) is -0.315. The molecule has 0 fully saturated rings. The molecule has 0 aliphatic carbocycles. The van der Waals surface area contributed by atoms with E-state index in [0.717, 1.165) is 18.4 Å². The molecule has 0 spiro atoms. The van der Waals surface area contributed by atoms with Crippen molar-refractivity contribution in [3.05, 3.63) is 49.1 Å². The Morgan fingerprint density at radius 3 is 2.28 bits per heavy atom. The average molecular weight is 423 g/mol. The van der Waals surface area contributed by atoms with Gasteiger partial charge in [0.25, 0.3) is 0 Å². The molecular formula is C24H42O4Si. The molecule has 0 aromatic carbocycles. The van der Waals surface area contributed by atoms with Gasteiger partial charge in [0, 0.05) is 19.1 Å². The molecule has 0 aliphatic heterocycles. The monoisotopic (exact) mass is 422 g/mol. The summed E-state index contributed by atoms with van der Waals surface area (Å²) in [5, 5.41) is 0.0939. The topological polar surface area (TPSA) is 44.8 Å². The highest BCUT2D eigenvalue weighted by Crippen LogP contribution is 2.39. The highest BCUT2D eigenvalue weighted by atomic mass is 28.4. The van der Waals surface area contributed by atoms with Crippen LogP contribution in [-0.4, -0.2) is 40.2 Å². The molecule has 1 unspecified atom stereocenters. The van der Waals surface area contributed by atoms with Crippen molar-refractivity contribution in [1.82, 2.24) is 0 Å². The average Bonchev–Trinajstić information content (AvgIpc) is 2.62. The zero-order valence-electron chi connectivity index (χ0n) is 19.8. The van der Waals surface area contributed by atoms with Crippen LogP contribution in [0.15, 0.2) is 49.1 Å². The summed E-state index contributed by atoms with van der Waals surface area (Å²) in [6.07, 6.45) is 10.3. The van der Waals surface area contributed by atoms with Crippen LogP contribution in [0.2, 0.25) is 18.1 Å². The maximum absolute atomic E-state index is 11.8. The quantitative estimate of drug-likeness (QED) is 0.116. The Morgan fingerprint density at radius 1 is 1.17 bits per heavy atom. The van der Waals surface area contributed by atoms with E-state index in [1.807, 2.05) is 19.1 Å². The van der Waals surface area contributed by atoms with E-state index in [0.29, 0.717) is 0 Å². The predicted molar refractivity (Wildman–Crippen MR) is 126 cm³/mol. The van der Waals surface area contributed by atoms with Crippen molar-refractivity contribution in [2.45, 2.75) is 77.8 Å². The summed E-state index contributed by atoms with van der Waals surface area (Å²) in [5.74, 6) is -0.252. The first-order valence-electron chi connectivity index (χ1n) is 10.3. The number of carbonyl (C=O) groups is 1. The van der Waals surface area contributed by atoms with Gasteiger partial charge in [0.05, 0.1) is 6.10 Å². The summed E-state index contributed by atoms with van der Waals surface area (Å²) in [4.78, 5) is 11.8. The summed E-state index contributed by atoms with van der Waals surface area (Å²) >= 11 is 0. The van der Waals surface area contributed by atoms with E-state index in [4.69, 9.17) is 13.9 Å². The van der Waals surface area contributed by atoms with Crippen LogP contribution in [0.25, 0.3) is 0 Å². The van der Waals surface area contributed by atoms with Crippen molar-refractivity contribution in [2.24, 2.45) is 5.92 Å². The summed E-state index contributed by atoms with van der Waals surface area (Å²) in [5.41, 5.74) is 0.980. The van der Waals surface area contributed by atoms with Crippen molar-refractivity contribution in [1.29, 1.82) is 0 Å². The minimum Gasteiger partial charge on any atom is -0.458 e. The molecule has 0 bridgehead atoms. The van der Waals surface area contributed by atoms with Gasteiger partial charge in [-0.05, 0) is 43.5 Å². The van der Waals surface area contributed by atoms with Gasteiger partial charge in [-0.2, -0.15) is 0 Å². The van der Waals surface area contributed by atoms with Crippen LogP contribution < -0.4 is 0 Å². The van der Waals surface area contributed by atoms with Crippen molar-refractivity contribution in [3.8, 4) is 0 Å². The Kier molecular flexibility index (Phi) is 12.3. The Balaban J connectivity index is 5.16. The van der Waals surface area contributed by atoms with Gasteiger partial charge in [0.2, 0.25) is 0 Å². The zero-order chi connectivity index (χ0) is 22.7. The Bertz CT molecular complexity index is 584. The molecule has 0 rings (SSSR count). The van der Waals surface area contributed by atoms with Crippen LogP contribution in [0.1, 0.15) is 47.5 Å². The van der Waals surface area contributed by atoms with Crippen LogP contribution in [0.3, 0.4) is 0 Å². The van der Waals surface area contributed by atoms with E-state index in [1.165, 1.54) is 6.08 Å². The predicted octanol–water partition coefficient (Wildman–Crippen LogP) is 6.23. The van der Waals surface area contributed by atoms with Crippen LogP contribution in [0.4, 0.5) is 0 Å². The number of methoxy groups -OCH3 is 1. The maximum Gasteiger partial charge on any atom is 0.330 e. The summed E-state index contributed by atoms with van der Waals surface area (Å²) in [6.45, 7) is 23.0. The third-order valence-electron chi connectivity index (χ3n) is 5.36. The van der Waals surface area contributed by atoms with E-state index in [1.54, 1.807) is 13.2 Å². The highest BCUT2D eigenvalue weighted by Gasteiger charge is 2.41. The van der Waals surface area contributed by atoms with E-state index in [9.17, 15) is 4.79 Å². The van der Waals surface area contributed by atoms with Gasteiger partial charge < -0.3 is 13.9 Å². The van der Waals surface area contributed by atoms with Crippen LogP contribution in [0, 0.1) is 5.92 Å². The van der Waals surface area contributed by atoms with E-state index >= 15 is 0 Å². The van der Waals surface area contributed by atoms with Gasteiger partial charge in [-0.3, -0.25) is 0 Å². The molecule has 0 aliphatic rings. The molecule has 166 valence electrons. The molecule has 0 N–H and O–H groups in total. The fraction of sp³-hybridized carbons (Fsp3) is 0.625. The van der Waals surface area contributed by atoms with Gasteiger partial charge in [-0.15, -0.1) is 13.2 Å². The number of allylic oxidation sites excluding steroid dienone is 2. The van der Waals surface area contributed by atoms with Crippen molar-refractivity contribution < 1.29 is 18.7 Å². The summed E-state index contributed by atoms with van der Waals surface area (Å²) in [6, 6.07) is 0. The lowest BCUT2D eigenvalue weighted by Gasteiger charge is -2.42. The molecular weight excluding hydrogens is 380 g/mol. The molecule has 5 heteroatoms. The smallest absolute Gasteiger partial charge is 0.330 e. The minimum atomic E-state index is -1.99. The molecule has 0 saturated heterocycles. The number of rotatable bonds is 13. The molecule has 0 aromatic rings. The molecule has 0 heterocycles. The molecule has 29 heavy (non-hydrogen) atoms. The second-order valence-corrected chi connectivity index (χ2v) is 13.8. The number of ether oxygens (including phenoxy) is 2.